The molecular weight excluding hydrogens is 413 g/mol. The van der Waals surface area contributed by atoms with Gasteiger partial charge >= 0.3 is 61.7 Å². The number of rotatable bonds is 1. The fourth-order valence-electron chi connectivity index (χ4n) is 0.858. The van der Waals surface area contributed by atoms with Crippen LogP contribution in [0.1, 0.15) is 12.8 Å². The molecule has 1 saturated heterocycles. The minimum atomic E-state index is -4.71. The molecule has 0 aromatic rings. The molecule has 0 amide bonds. The van der Waals surface area contributed by atoms with E-state index in [-0.39, 0.29) is 0 Å². The molecule has 75 valence electrons. The standard InChI is InChI=1S/C4H8N.C2F4.Cf/c1-2-4-5-3-1;3-1-2(4,5)6;/h1-4H2;;/q-1;;+1. The molecule has 0 bridgehead atoms. The van der Waals surface area contributed by atoms with Crippen LogP contribution in [0.5, 0.6) is 0 Å². The Kier molecular flexibility index (Phi) is 2.08. The molecule has 1 aliphatic rings. The molecule has 0 N–H and O–H groups in total. The predicted molar refractivity (Wildman–Crippen MR) is 33.0 cm³/mol. The Hall–Kier alpha value is -1.45. The van der Waals surface area contributed by atoms with Gasteiger partial charge in [0.1, 0.15) is 0 Å². The van der Waals surface area contributed by atoms with E-state index in [1.54, 1.807) is 5.32 Å². The van der Waals surface area contributed by atoms with E-state index in [9.17, 15) is 17.6 Å². The maximum atomic E-state index is 12.4. The van der Waals surface area contributed by atoms with Gasteiger partial charge in [0.25, 0.3) is 0 Å². The zero-order valence-electron chi connectivity index (χ0n) is 6.10. The summed E-state index contributed by atoms with van der Waals surface area (Å²) in [6.07, 6.45) is -2.90. The normalized spacial score (nSPS) is 21.2. The Labute approximate surface area is 62.8 Å². The van der Waals surface area contributed by atoms with Gasteiger partial charge in [0.15, 0.2) is 0 Å². The SMILES string of the molecule is F[C](=[Cf][N]1CCCC1)C(F)(F)F. The van der Waals surface area contributed by atoms with Crippen LogP contribution in [0.3, 0.4) is 0 Å². The third-order valence-corrected chi connectivity index (χ3v) is 4.66. The molecule has 0 atom stereocenters. The summed E-state index contributed by atoms with van der Waals surface area (Å²) in [5, 5.41) is 1.62. The average Bonchev–Trinajstić information content (AvgIpc) is 2.37. The van der Waals surface area contributed by atoms with Gasteiger partial charge in [0.2, 0.25) is 0 Å². The zero-order chi connectivity index (χ0) is 9.19. The summed E-state index contributed by atoms with van der Waals surface area (Å²) >= 11 is 0. The second-order valence-corrected chi connectivity index (χ2v) is 5.79. The third-order valence-electron chi connectivity index (χ3n) is 1.38. The summed E-state index contributed by atoms with van der Waals surface area (Å²) in [7, 11) is 0. The van der Waals surface area contributed by atoms with Crippen LogP contribution >= 0.6 is 0 Å². The van der Waals surface area contributed by atoms with Crippen molar-refractivity contribution >= 4 is 6.67 Å². The van der Waals surface area contributed by atoms with Gasteiger partial charge in [-0.3, -0.25) is 0 Å². The van der Waals surface area contributed by atoms with Gasteiger partial charge in [-0.1, -0.05) is 0 Å². The fraction of sp³-hybridized carbons (Fsp3) is 0.833. The summed E-state index contributed by atoms with van der Waals surface area (Å²) in [6, 6.07) is 0. The van der Waals surface area contributed by atoms with Crippen molar-refractivity contribution in [3.05, 3.63) is 0 Å². The summed E-state index contributed by atoms with van der Waals surface area (Å²) in [5.74, 6) is 0. The number of nitrogens with zero attached hydrogens (tertiary/aromatic N) is 1. The van der Waals surface area contributed by atoms with Gasteiger partial charge in [-0.05, 0) is 0 Å². The van der Waals surface area contributed by atoms with E-state index in [0.29, 0.717) is 13.1 Å². The van der Waals surface area contributed by atoms with Crippen LogP contribution in [0.15, 0.2) is 0 Å². The van der Waals surface area contributed by atoms with E-state index in [4.69, 9.17) is 0 Å². The number of halogens is 4. The first-order valence-electron chi connectivity index (χ1n) is 3.44. The van der Waals surface area contributed by atoms with Crippen molar-refractivity contribution in [2.75, 3.05) is 13.1 Å². The summed E-state index contributed by atoms with van der Waals surface area (Å²) < 4.78 is 45.6. The second-order valence-electron chi connectivity index (χ2n) is 2.38. The molecule has 0 radical (unpaired) electrons. The van der Waals surface area contributed by atoms with E-state index in [1.165, 1.54) is 0 Å². The first-order chi connectivity index (χ1) is 5.50. The summed E-state index contributed by atoms with van der Waals surface area (Å²) in [6.45, 7) is -0.460. The molecule has 0 spiro atoms. The third kappa shape index (κ3) is 2.02. The van der Waals surface area contributed by atoms with Crippen LogP contribution in [0.25, 0.3) is 0 Å². The molecule has 1 rings (SSSR count). The van der Waals surface area contributed by atoms with Gasteiger partial charge in [0, 0.05) is 0 Å². The van der Waals surface area contributed by atoms with Crippen LogP contribution in [-0.2, 0) is 0 Å². The Morgan fingerprint density at radius 1 is 1.17 bits per heavy atom. The summed E-state index contributed by atoms with van der Waals surface area (Å²) in [4.78, 5) is 0. The Balaban J connectivity index is 2.55. The van der Waals surface area contributed by atoms with E-state index >= 15 is 0 Å². The van der Waals surface area contributed by atoms with Crippen molar-refractivity contribution < 1.29 is 17.6 Å². The molecular formula is C6H8CfF4N. The van der Waals surface area contributed by atoms with Crippen LogP contribution in [0.2, 0.25) is 0 Å². The minimum absolute atomic E-state index is 0.639. The van der Waals surface area contributed by atoms with Crippen molar-refractivity contribution in [2.24, 2.45) is 0 Å². The van der Waals surface area contributed by atoms with E-state index < -0.39 is 12.9 Å². The van der Waals surface area contributed by atoms with Crippen molar-refractivity contribution in [3.63, 3.8) is 0 Å². The quantitative estimate of drug-likeness (QED) is 0.584. The first-order valence-corrected chi connectivity index (χ1v) is 5.93. The monoisotopic (exact) mass is 419 g/mol. The number of hydrogen-bond donors (Lipinski definition) is 0. The Morgan fingerprint density at radius 3 is 2.08 bits per heavy atom. The Morgan fingerprint density at radius 2 is 1.67 bits per heavy atom. The van der Waals surface area contributed by atoms with Gasteiger partial charge in [-0.2, -0.15) is 0 Å². The topological polar surface area (TPSA) is 3.24 Å². The number of hydrogen-bond acceptors (Lipinski definition) is 1. The van der Waals surface area contributed by atoms with Crippen LogP contribution in [0, 0.1) is 0 Å². The van der Waals surface area contributed by atoms with E-state index in [2.05, 4.69) is 0 Å². The van der Waals surface area contributed by atoms with Crippen LogP contribution in [0.4, 0.5) is 17.6 Å². The van der Waals surface area contributed by atoms with Gasteiger partial charge in [-0.25, -0.2) is 0 Å². The molecule has 0 saturated carbocycles. The maximum absolute atomic E-state index is 12.4. The van der Waals surface area contributed by atoms with Gasteiger partial charge in [0.05, 0.1) is 0 Å². The second kappa shape index (κ2) is 2.89. The van der Waals surface area contributed by atoms with Crippen LogP contribution < -0.4 is 0 Å². The average molecular weight is 421 g/mol. The van der Waals surface area contributed by atoms with E-state index in [0.717, 1.165) is 12.8 Å². The molecule has 0 aromatic carbocycles. The Bertz CT molecular complexity index is 182. The van der Waals surface area contributed by atoms with Crippen molar-refractivity contribution in [1.82, 2.24) is 5.32 Å². The predicted octanol–water partition coefficient (Wildman–Crippen LogP) is 1.74. The molecule has 0 unspecified atom stereocenters. The number of alkyl halides is 3. The molecule has 6 heteroatoms. The molecule has 0 aromatic heterocycles. The summed E-state index contributed by atoms with van der Waals surface area (Å²) in [5.41, 5.74) is 0. The molecule has 1 aliphatic heterocycles. The zero-order valence-corrected chi connectivity index (χ0v) is 8.74. The molecule has 1 heterocycles. The first kappa shape index (κ1) is 8.64. The van der Waals surface area contributed by atoms with Crippen molar-refractivity contribution in [2.45, 2.75) is 19.0 Å². The molecule has 12 heavy (non-hydrogen) atoms. The van der Waals surface area contributed by atoms with E-state index in [1.807, 2.05) is 0 Å². The molecule has 0 aliphatic carbocycles. The van der Waals surface area contributed by atoms with Gasteiger partial charge < -0.3 is 0 Å². The fourth-order valence-corrected chi connectivity index (χ4v) is 3.34. The van der Waals surface area contributed by atoms with Gasteiger partial charge in [-0.15, -0.1) is 0 Å². The molecule has 1 fully saturated rings. The van der Waals surface area contributed by atoms with Crippen molar-refractivity contribution in [3.8, 4) is 0 Å². The molecule has 1 nitrogen and oxygen atoms in total. The van der Waals surface area contributed by atoms with Crippen LogP contribution in [-0.4, -0.2) is 31.3 Å². The van der Waals surface area contributed by atoms with Crippen molar-refractivity contribution in [1.29, 1.82) is 0 Å².